The van der Waals surface area contributed by atoms with Gasteiger partial charge in [0.15, 0.2) is 5.92 Å². The first kappa shape index (κ1) is 17.2. The number of carboxylic acid groups (broad SMARTS) is 1. The van der Waals surface area contributed by atoms with Crippen LogP contribution in [0.5, 0.6) is 0 Å². The molecule has 1 aromatic carbocycles. The van der Waals surface area contributed by atoms with Crippen LogP contribution >= 0.6 is 0 Å². The third kappa shape index (κ3) is 5.19. The van der Waals surface area contributed by atoms with E-state index in [2.05, 4.69) is 0 Å². The zero-order valence-electron chi connectivity index (χ0n) is 12.9. The summed E-state index contributed by atoms with van der Waals surface area (Å²) in [6, 6.07) is 6.72. The van der Waals surface area contributed by atoms with Gasteiger partial charge < -0.3 is 15.6 Å². The van der Waals surface area contributed by atoms with E-state index in [1.165, 1.54) is 0 Å². The molecule has 0 aromatic heterocycles. The largest absolute Gasteiger partial charge is 0.481 e. The zero-order valence-corrected chi connectivity index (χ0v) is 12.9. The first-order valence-corrected chi connectivity index (χ1v) is 6.87. The molecule has 0 amide bonds. The predicted octanol–water partition coefficient (Wildman–Crippen LogP) is 1.91. The summed E-state index contributed by atoms with van der Waals surface area (Å²) in [4.78, 5) is 23.4. The minimum atomic E-state index is -1.37. The molecular weight excluding hydrogens is 270 g/mol. The standard InChI is InChI=1S/C16H23NO4/c1-10-7-5-6-8-11(10)9-12(17)13(14(18)19)15(20)21-16(2,3)4/h5-8,12-13H,9,17H2,1-4H3,(H,18,19)/t12?,13-/m1/s1. The van der Waals surface area contributed by atoms with Crippen molar-refractivity contribution in [1.82, 2.24) is 0 Å². The molecule has 0 aliphatic carbocycles. The van der Waals surface area contributed by atoms with E-state index in [1.807, 2.05) is 31.2 Å². The fraction of sp³-hybridized carbons (Fsp3) is 0.500. The van der Waals surface area contributed by atoms with Crippen molar-refractivity contribution in [1.29, 1.82) is 0 Å². The molecule has 116 valence electrons. The van der Waals surface area contributed by atoms with Gasteiger partial charge in [0.05, 0.1) is 0 Å². The van der Waals surface area contributed by atoms with Gasteiger partial charge in [-0.2, -0.15) is 0 Å². The first-order valence-electron chi connectivity index (χ1n) is 6.87. The van der Waals surface area contributed by atoms with Crippen molar-refractivity contribution >= 4 is 11.9 Å². The summed E-state index contributed by atoms with van der Waals surface area (Å²) in [7, 11) is 0. The summed E-state index contributed by atoms with van der Waals surface area (Å²) in [5.41, 5.74) is 7.16. The van der Waals surface area contributed by atoms with Crippen molar-refractivity contribution in [2.75, 3.05) is 0 Å². The lowest BCUT2D eigenvalue weighted by atomic mass is 9.92. The van der Waals surface area contributed by atoms with Gasteiger partial charge >= 0.3 is 11.9 Å². The highest BCUT2D eigenvalue weighted by atomic mass is 16.6. The number of carbonyl (C=O) groups excluding carboxylic acids is 1. The lowest BCUT2D eigenvalue weighted by Crippen LogP contribution is -2.45. The number of benzene rings is 1. The Kier molecular flexibility index (Phi) is 5.49. The van der Waals surface area contributed by atoms with E-state index >= 15 is 0 Å². The number of hydrogen-bond acceptors (Lipinski definition) is 4. The molecule has 21 heavy (non-hydrogen) atoms. The van der Waals surface area contributed by atoms with E-state index in [-0.39, 0.29) is 0 Å². The smallest absolute Gasteiger partial charge is 0.322 e. The number of hydrogen-bond donors (Lipinski definition) is 2. The Morgan fingerprint density at radius 2 is 1.86 bits per heavy atom. The number of esters is 1. The van der Waals surface area contributed by atoms with Crippen LogP contribution in [0.4, 0.5) is 0 Å². The van der Waals surface area contributed by atoms with Gasteiger partial charge in [0.25, 0.3) is 0 Å². The normalized spacial score (nSPS) is 14.3. The maximum atomic E-state index is 12.0. The van der Waals surface area contributed by atoms with E-state index in [9.17, 15) is 14.7 Å². The number of nitrogens with two attached hydrogens (primary N) is 1. The molecule has 0 bridgehead atoms. The van der Waals surface area contributed by atoms with Crippen LogP contribution in [0, 0.1) is 12.8 Å². The molecule has 2 atom stereocenters. The van der Waals surface area contributed by atoms with Gasteiger partial charge in [0.1, 0.15) is 5.60 Å². The second-order valence-electron chi connectivity index (χ2n) is 6.14. The molecule has 0 radical (unpaired) electrons. The van der Waals surface area contributed by atoms with Gasteiger partial charge in [-0.3, -0.25) is 9.59 Å². The van der Waals surface area contributed by atoms with Crippen LogP contribution in [0.3, 0.4) is 0 Å². The zero-order chi connectivity index (χ0) is 16.2. The van der Waals surface area contributed by atoms with Crippen molar-refractivity contribution < 1.29 is 19.4 Å². The minimum Gasteiger partial charge on any atom is -0.481 e. The summed E-state index contributed by atoms with van der Waals surface area (Å²) < 4.78 is 5.15. The Bertz CT molecular complexity index is 519. The Morgan fingerprint density at radius 3 is 2.33 bits per heavy atom. The Labute approximate surface area is 125 Å². The molecule has 0 spiro atoms. The second kappa shape index (κ2) is 6.72. The van der Waals surface area contributed by atoms with Crippen molar-refractivity contribution in [3.8, 4) is 0 Å². The molecule has 5 heteroatoms. The number of carboxylic acids is 1. The van der Waals surface area contributed by atoms with Crippen LogP contribution in [-0.4, -0.2) is 28.7 Å². The third-order valence-corrected chi connectivity index (χ3v) is 3.07. The fourth-order valence-corrected chi connectivity index (χ4v) is 2.03. The maximum absolute atomic E-state index is 12.0. The van der Waals surface area contributed by atoms with Crippen LogP contribution in [0.1, 0.15) is 31.9 Å². The van der Waals surface area contributed by atoms with Gasteiger partial charge in [0.2, 0.25) is 0 Å². The Hall–Kier alpha value is -1.88. The van der Waals surface area contributed by atoms with Gasteiger partial charge in [-0.25, -0.2) is 0 Å². The molecule has 0 fully saturated rings. The van der Waals surface area contributed by atoms with Crippen molar-refractivity contribution in [2.24, 2.45) is 11.7 Å². The van der Waals surface area contributed by atoms with Gasteiger partial charge in [-0.05, 0) is 45.2 Å². The molecule has 1 aromatic rings. The number of carbonyl (C=O) groups is 2. The van der Waals surface area contributed by atoms with Crippen LogP contribution in [-0.2, 0) is 20.7 Å². The van der Waals surface area contributed by atoms with Gasteiger partial charge in [-0.1, -0.05) is 24.3 Å². The van der Waals surface area contributed by atoms with E-state index < -0.39 is 29.5 Å². The maximum Gasteiger partial charge on any atom is 0.322 e. The molecule has 0 heterocycles. The molecule has 1 rings (SSSR count). The lowest BCUT2D eigenvalue weighted by molar-refractivity contribution is -0.167. The van der Waals surface area contributed by atoms with Gasteiger partial charge in [0, 0.05) is 6.04 Å². The SMILES string of the molecule is Cc1ccccc1CC(N)[C@H](C(=O)O)C(=O)OC(C)(C)C. The average Bonchev–Trinajstić information content (AvgIpc) is 2.29. The molecular formula is C16H23NO4. The molecule has 0 saturated carbocycles. The summed E-state index contributed by atoms with van der Waals surface area (Å²) >= 11 is 0. The van der Waals surface area contributed by atoms with E-state index in [1.54, 1.807) is 20.8 Å². The lowest BCUT2D eigenvalue weighted by Gasteiger charge is -2.25. The highest BCUT2D eigenvalue weighted by molar-refractivity contribution is 5.95. The molecule has 0 aliphatic rings. The van der Waals surface area contributed by atoms with E-state index in [4.69, 9.17) is 10.5 Å². The minimum absolute atomic E-state index is 0.308. The fourth-order valence-electron chi connectivity index (χ4n) is 2.03. The molecule has 0 aliphatic heterocycles. The monoisotopic (exact) mass is 293 g/mol. The molecule has 3 N–H and O–H groups in total. The quantitative estimate of drug-likeness (QED) is 0.639. The highest BCUT2D eigenvalue weighted by Crippen LogP contribution is 2.17. The summed E-state index contributed by atoms with van der Waals surface area (Å²) in [5, 5.41) is 9.28. The Morgan fingerprint density at radius 1 is 1.29 bits per heavy atom. The van der Waals surface area contributed by atoms with E-state index in [0.29, 0.717) is 6.42 Å². The predicted molar refractivity (Wildman–Crippen MR) is 79.8 cm³/mol. The van der Waals surface area contributed by atoms with E-state index in [0.717, 1.165) is 11.1 Å². The van der Waals surface area contributed by atoms with Crippen molar-refractivity contribution in [2.45, 2.75) is 45.8 Å². The van der Waals surface area contributed by atoms with Crippen LogP contribution in [0.2, 0.25) is 0 Å². The summed E-state index contributed by atoms with van der Waals surface area (Å²) in [5.74, 6) is -3.43. The first-order chi connectivity index (χ1) is 9.61. The Balaban J connectivity index is 2.88. The van der Waals surface area contributed by atoms with Gasteiger partial charge in [-0.15, -0.1) is 0 Å². The second-order valence-corrected chi connectivity index (χ2v) is 6.14. The van der Waals surface area contributed by atoms with Crippen molar-refractivity contribution in [3.63, 3.8) is 0 Å². The topological polar surface area (TPSA) is 89.6 Å². The summed E-state index contributed by atoms with van der Waals surface area (Å²) in [6.07, 6.45) is 0.308. The van der Waals surface area contributed by atoms with Crippen LogP contribution in [0.15, 0.2) is 24.3 Å². The number of aliphatic carboxylic acids is 1. The summed E-state index contributed by atoms with van der Waals surface area (Å²) in [6.45, 7) is 7.00. The number of aryl methyl sites for hydroxylation is 1. The highest BCUT2D eigenvalue weighted by Gasteiger charge is 2.36. The number of rotatable bonds is 5. The molecule has 0 saturated heterocycles. The molecule has 5 nitrogen and oxygen atoms in total. The van der Waals surface area contributed by atoms with Crippen molar-refractivity contribution in [3.05, 3.63) is 35.4 Å². The van der Waals surface area contributed by atoms with Crippen LogP contribution in [0.25, 0.3) is 0 Å². The number of ether oxygens (including phenoxy) is 1. The van der Waals surface area contributed by atoms with Crippen LogP contribution < -0.4 is 5.73 Å². The molecule has 1 unspecified atom stereocenters. The third-order valence-electron chi connectivity index (χ3n) is 3.07. The average molecular weight is 293 g/mol.